The van der Waals surface area contributed by atoms with Crippen molar-refractivity contribution >= 4 is 11.9 Å². The normalized spacial score (nSPS) is 14.1. The monoisotopic (exact) mass is 410 g/mol. The fraction of sp³-hybridized carbons (Fsp3) is 0.522. The molecule has 0 saturated carbocycles. The number of nitrogens with zero attached hydrogens (tertiary/aromatic N) is 5. The summed E-state index contributed by atoms with van der Waals surface area (Å²) in [6.07, 6.45) is 2.97. The van der Waals surface area contributed by atoms with Gasteiger partial charge in [-0.25, -0.2) is 4.99 Å². The second kappa shape index (κ2) is 9.78. The second-order valence-electron chi connectivity index (χ2n) is 8.23. The van der Waals surface area contributed by atoms with Gasteiger partial charge in [-0.2, -0.15) is 5.10 Å². The number of amides is 1. The van der Waals surface area contributed by atoms with Crippen LogP contribution in [-0.2, 0) is 31.4 Å². The minimum atomic E-state index is 0.0672. The Kier molecular flexibility index (Phi) is 7.13. The molecule has 1 aliphatic heterocycles. The van der Waals surface area contributed by atoms with Crippen LogP contribution in [-0.4, -0.2) is 58.1 Å². The lowest BCUT2D eigenvalue weighted by atomic mass is 10.00. The summed E-state index contributed by atoms with van der Waals surface area (Å²) in [4.78, 5) is 21.4. The topological polar surface area (TPSA) is 65.8 Å². The highest BCUT2D eigenvalue weighted by Gasteiger charge is 2.21. The van der Waals surface area contributed by atoms with Crippen molar-refractivity contribution in [2.45, 2.75) is 46.2 Å². The van der Waals surface area contributed by atoms with E-state index in [9.17, 15) is 4.79 Å². The summed E-state index contributed by atoms with van der Waals surface area (Å²) in [6.45, 7) is 9.36. The first-order valence-corrected chi connectivity index (χ1v) is 10.8. The van der Waals surface area contributed by atoms with Crippen molar-refractivity contribution in [3.05, 3.63) is 52.8 Å². The van der Waals surface area contributed by atoms with Gasteiger partial charge < -0.3 is 15.1 Å². The number of benzene rings is 1. The van der Waals surface area contributed by atoms with Crippen molar-refractivity contribution in [2.24, 2.45) is 12.0 Å². The van der Waals surface area contributed by atoms with Crippen molar-refractivity contribution in [1.29, 1.82) is 0 Å². The number of guanidine groups is 1. The van der Waals surface area contributed by atoms with E-state index in [0.29, 0.717) is 19.0 Å². The molecule has 0 spiro atoms. The van der Waals surface area contributed by atoms with Gasteiger partial charge in [0.05, 0.1) is 5.69 Å². The summed E-state index contributed by atoms with van der Waals surface area (Å²) < 4.78 is 1.86. The molecule has 2 aromatic rings. The predicted molar refractivity (Wildman–Crippen MR) is 120 cm³/mol. The first-order chi connectivity index (χ1) is 14.4. The van der Waals surface area contributed by atoms with Gasteiger partial charge in [-0.15, -0.1) is 0 Å². The van der Waals surface area contributed by atoms with E-state index in [2.05, 4.69) is 58.6 Å². The number of rotatable bonds is 6. The molecule has 0 unspecified atom stereocenters. The Labute approximate surface area is 179 Å². The van der Waals surface area contributed by atoms with Gasteiger partial charge in [0.2, 0.25) is 5.91 Å². The molecule has 30 heavy (non-hydrogen) atoms. The van der Waals surface area contributed by atoms with E-state index in [-0.39, 0.29) is 12.5 Å². The number of hydrogen-bond acceptors (Lipinski definition) is 3. The zero-order valence-corrected chi connectivity index (χ0v) is 18.9. The molecule has 0 aliphatic carbocycles. The van der Waals surface area contributed by atoms with Crippen molar-refractivity contribution in [3.8, 4) is 0 Å². The largest absolute Gasteiger partial charge is 0.357 e. The van der Waals surface area contributed by atoms with Crippen LogP contribution in [0.1, 0.15) is 49.1 Å². The van der Waals surface area contributed by atoms with E-state index in [0.717, 1.165) is 31.2 Å². The molecule has 1 aromatic heterocycles. The number of carbonyl (C=O) groups is 1. The molecule has 7 heteroatoms. The van der Waals surface area contributed by atoms with E-state index in [4.69, 9.17) is 0 Å². The summed E-state index contributed by atoms with van der Waals surface area (Å²) >= 11 is 0. The van der Waals surface area contributed by atoms with E-state index >= 15 is 0 Å². The molecule has 1 aromatic carbocycles. The van der Waals surface area contributed by atoms with Crippen LogP contribution in [0.2, 0.25) is 0 Å². The maximum atomic E-state index is 12.8. The molecule has 1 N–H and O–H groups in total. The van der Waals surface area contributed by atoms with Crippen LogP contribution in [0.15, 0.2) is 35.5 Å². The summed E-state index contributed by atoms with van der Waals surface area (Å²) in [6, 6.07) is 8.35. The number of aliphatic imine (C=N–C) groups is 1. The van der Waals surface area contributed by atoms with Crippen LogP contribution in [0.25, 0.3) is 0 Å². The van der Waals surface area contributed by atoms with Crippen LogP contribution in [0.3, 0.4) is 0 Å². The SMILES string of the molecule is CCNC(=NCC(=O)N1CCc2ccccc2C1)N(C)Cc1cn(C)nc1C(C)C. The number of aromatic nitrogens is 2. The maximum absolute atomic E-state index is 12.8. The Bertz CT molecular complexity index is 901. The summed E-state index contributed by atoms with van der Waals surface area (Å²) in [5.41, 5.74) is 4.86. The summed E-state index contributed by atoms with van der Waals surface area (Å²) in [5.74, 6) is 1.16. The van der Waals surface area contributed by atoms with Gasteiger partial charge in [-0.3, -0.25) is 9.48 Å². The standard InChI is InChI=1S/C23H34N6O/c1-6-24-23(27(4)14-20-15-28(5)26-22(20)17(2)3)25-13-21(30)29-12-11-18-9-7-8-10-19(18)16-29/h7-10,15,17H,6,11-14,16H2,1-5H3,(H,24,25). The Morgan fingerprint density at radius 1 is 1.30 bits per heavy atom. The van der Waals surface area contributed by atoms with Gasteiger partial charge in [0.15, 0.2) is 5.96 Å². The maximum Gasteiger partial charge on any atom is 0.244 e. The molecular formula is C23H34N6O. The molecule has 1 amide bonds. The third kappa shape index (κ3) is 5.20. The fourth-order valence-corrected chi connectivity index (χ4v) is 3.91. The van der Waals surface area contributed by atoms with Crippen LogP contribution < -0.4 is 5.32 Å². The fourth-order valence-electron chi connectivity index (χ4n) is 3.91. The number of hydrogen-bond donors (Lipinski definition) is 1. The van der Waals surface area contributed by atoms with E-state index in [1.165, 1.54) is 16.7 Å². The molecule has 0 atom stereocenters. The van der Waals surface area contributed by atoms with Crippen LogP contribution in [0.4, 0.5) is 0 Å². The third-order valence-electron chi connectivity index (χ3n) is 5.44. The molecule has 0 fully saturated rings. The molecular weight excluding hydrogens is 376 g/mol. The molecule has 0 bridgehead atoms. The minimum Gasteiger partial charge on any atom is -0.357 e. The van der Waals surface area contributed by atoms with Gasteiger partial charge in [0.25, 0.3) is 0 Å². The van der Waals surface area contributed by atoms with Crippen molar-refractivity contribution in [1.82, 2.24) is 24.9 Å². The van der Waals surface area contributed by atoms with Crippen LogP contribution in [0.5, 0.6) is 0 Å². The first-order valence-electron chi connectivity index (χ1n) is 10.8. The molecule has 0 radical (unpaired) electrons. The lowest BCUT2D eigenvalue weighted by Gasteiger charge is -2.29. The van der Waals surface area contributed by atoms with Crippen molar-refractivity contribution in [2.75, 3.05) is 26.7 Å². The zero-order chi connectivity index (χ0) is 21.7. The van der Waals surface area contributed by atoms with Gasteiger partial charge in [-0.1, -0.05) is 38.1 Å². The average Bonchev–Trinajstić information content (AvgIpc) is 3.10. The molecule has 7 nitrogen and oxygen atoms in total. The molecule has 2 heterocycles. The number of carbonyl (C=O) groups excluding carboxylic acids is 1. The Morgan fingerprint density at radius 3 is 2.73 bits per heavy atom. The number of nitrogens with one attached hydrogen (secondary N) is 1. The smallest absolute Gasteiger partial charge is 0.244 e. The van der Waals surface area contributed by atoms with Crippen LogP contribution in [0, 0.1) is 0 Å². The van der Waals surface area contributed by atoms with E-state index in [1.54, 1.807) is 0 Å². The van der Waals surface area contributed by atoms with E-state index < -0.39 is 0 Å². The number of fused-ring (bicyclic) bond motifs is 1. The van der Waals surface area contributed by atoms with Gasteiger partial charge in [0.1, 0.15) is 6.54 Å². The summed E-state index contributed by atoms with van der Waals surface area (Å²) in [7, 11) is 3.95. The van der Waals surface area contributed by atoms with Crippen LogP contribution >= 0.6 is 0 Å². The quantitative estimate of drug-likeness (QED) is 0.587. The lowest BCUT2D eigenvalue weighted by Crippen LogP contribution is -2.41. The Morgan fingerprint density at radius 2 is 2.03 bits per heavy atom. The molecule has 3 rings (SSSR count). The highest BCUT2D eigenvalue weighted by molar-refractivity contribution is 5.85. The van der Waals surface area contributed by atoms with E-state index in [1.807, 2.05) is 36.7 Å². The minimum absolute atomic E-state index is 0.0672. The Balaban J connectivity index is 1.66. The zero-order valence-electron chi connectivity index (χ0n) is 18.9. The van der Waals surface area contributed by atoms with Gasteiger partial charge in [-0.05, 0) is 30.4 Å². The summed E-state index contributed by atoms with van der Waals surface area (Å²) in [5, 5.41) is 7.90. The van der Waals surface area contributed by atoms with Gasteiger partial charge >= 0.3 is 0 Å². The third-order valence-corrected chi connectivity index (χ3v) is 5.44. The molecule has 1 aliphatic rings. The predicted octanol–water partition coefficient (Wildman–Crippen LogP) is 2.53. The molecule has 162 valence electrons. The van der Waals surface area contributed by atoms with Crippen molar-refractivity contribution in [3.63, 3.8) is 0 Å². The Hall–Kier alpha value is -2.83. The van der Waals surface area contributed by atoms with Crippen molar-refractivity contribution < 1.29 is 4.79 Å². The highest BCUT2D eigenvalue weighted by Crippen LogP contribution is 2.19. The number of aryl methyl sites for hydroxylation is 1. The highest BCUT2D eigenvalue weighted by atomic mass is 16.2. The molecule has 0 saturated heterocycles. The second-order valence-corrected chi connectivity index (χ2v) is 8.23. The average molecular weight is 411 g/mol. The lowest BCUT2D eigenvalue weighted by molar-refractivity contribution is -0.130. The first kappa shape index (κ1) is 21.9. The van der Waals surface area contributed by atoms with Gasteiger partial charge in [0, 0.05) is 52.0 Å².